The van der Waals surface area contributed by atoms with Gasteiger partial charge in [0.1, 0.15) is 6.04 Å². The summed E-state index contributed by atoms with van der Waals surface area (Å²) in [5, 5.41) is 11.9. The van der Waals surface area contributed by atoms with E-state index in [0.29, 0.717) is 16.8 Å². The van der Waals surface area contributed by atoms with E-state index in [0.717, 1.165) is 0 Å². The lowest BCUT2D eigenvalue weighted by Crippen LogP contribution is -2.52. The monoisotopic (exact) mass is 387 g/mol. The summed E-state index contributed by atoms with van der Waals surface area (Å²) in [6, 6.07) is 4.10. The average molecular weight is 387 g/mol. The fourth-order valence-electron chi connectivity index (χ4n) is 3.45. The Kier molecular flexibility index (Phi) is 3.92. The number of nitrogens with zero attached hydrogens (tertiary/aromatic N) is 3. The number of anilines is 1. The minimum Gasteiger partial charge on any atom is -0.380 e. The number of alkyl halides is 2. The molecule has 8 nitrogen and oxygen atoms in total. The Labute approximate surface area is 158 Å². The SMILES string of the molecule is C#CC(F)(F)C1(CNc2cccc3c2CN(C2CCC(=O)NC2=O)C3=O)N=N1. The molecule has 3 aliphatic rings. The lowest BCUT2D eigenvalue weighted by atomic mass is 10.0. The van der Waals surface area contributed by atoms with E-state index < -0.39 is 23.5 Å². The maximum absolute atomic E-state index is 13.8. The van der Waals surface area contributed by atoms with Gasteiger partial charge in [0.2, 0.25) is 11.8 Å². The second kappa shape index (κ2) is 6.09. The molecule has 0 bridgehead atoms. The molecule has 0 radical (unpaired) electrons. The number of halogens is 2. The van der Waals surface area contributed by atoms with E-state index in [4.69, 9.17) is 6.42 Å². The fourth-order valence-corrected chi connectivity index (χ4v) is 3.45. The normalized spacial score (nSPS) is 22.5. The smallest absolute Gasteiger partial charge is 0.357 e. The Morgan fingerprint density at radius 2 is 2.11 bits per heavy atom. The lowest BCUT2D eigenvalue weighted by Gasteiger charge is -2.29. The van der Waals surface area contributed by atoms with Crippen LogP contribution in [0.4, 0.5) is 14.5 Å². The molecule has 1 aromatic carbocycles. The number of hydrogen-bond acceptors (Lipinski definition) is 6. The first kappa shape index (κ1) is 18.0. The number of terminal acetylenes is 1. The zero-order valence-corrected chi connectivity index (χ0v) is 14.5. The summed E-state index contributed by atoms with van der Waals surface area (Å²) in [7, 11) is 0. The van der Waals surface area contributed by atoms with E-state index in [1.54, 1.807) is 18.2 Å². The predicted octanol–water partition coefficient (Wildman–Crippen LogP) is 1.29. The number of nitrogens with one attached hydrogen (secondary N) is 2. The van der Waals surface area contributed by atoms with Crippen LogP contribution in [0.2, 0.25) is 0 Å². The van der Waals surface area contributed by atoms with E-state index >= 15 is 0 Å². The van der Waals surface area contributed by atoms with Crippen molar-refractivity contribution in [2.45, 2.75) is 37.0 Å². The van der Waals surface area contributed by atoms with Crippen LogP contribution in [0.15, 0.2) is 28.4 Å². The van der Waals surface area contributed by atoms with Gasteiger partial charge in [0.25, 0.3) is 11.6 Å². The van der Waals surface area contributed by atoms with Crippen molar-refractivity contribution in [1.29, 1.82) is 0 Å². The van der Waals surface area contributed by atoms with Crippen molar-refractivity contribution < 1.29 is 23.2 Å². The number of benzene rings is 1. The van der Waals surface area contributed by atoms with Crippen molar-refractivity contribution in [1.82, 2.24) is 10.2 Å². The Balaban J connectivity index is 1.53. The van der Waals surface area contributed by atoms with Crippen LogP contribution in [0.25, 0.3) is 0 Å². The summed E-state index contributed by atoms with van der Waals surface area (Å²) >= 11 is 0. The molecule has 0 aliphatic carbocycles. The lowest BCUT2D eigenvalue weighted by molar-refractivity contribution is -0.136. The van der Waals surface area contributed by atoms with Crippen molar-refractivity contribution in [3.63, 3.8) is 0 Å². The molecule has 2 N–H and O–H groups in total. The third-order valence-electron chi connectivity index (χ3n) is 5.13. The standard InChI is InChI=1S/C18H15F2N5O3/c1-2-17(19,20)18(23-24-18)9-21-12-5-3-4-10-11(12)8-25(16(10)28)13-6-7-14(26)22-15(13)27/h1,3-5,13,21H,6-9H2,(H,22,26,27). The topological polar surface area (TPSA) is 103 Å². The highest BCUT2D eigenvalue weighted by atomic mass is 19.3. The second-order valence-electron chi connectivity index (χ2n) is 6.82. The Bertz CT molecular complexity index is 962. The number of amides is 3. The molecule has 0 saturated carbocycles. The Hall–Kier alpha value is -3.35. The molecule has 28 heavy (non-hydrogen) atoms. The van der Waals surface area contributed by atoms with Crippen LogP contribution in [-0.2, 0) is 16.1 Å². The molecular formula is C18H15F2N5O3. The van der Waals surface area contributed by atoms with Crippen molar-refractivity contribution >= 4 is 23.4 Å². The molecule has 3 aliphatic heterocycles. The molecule has 0 aromatic heterocycles. The molecule has 3 heterocycles. The average Bonchev–Trinajstić information content (AvgIpc) is 3.40. The highest BCUT2D eigenvalue weighted by Crippen LogP contribution is 2.43. The number of carbonyl (C=O) groups is 3. The van der Waals surface area contributed by atoms with Crippen molar-refractivity contribution in [2.75, 3.05) is 11.9 Å². The summed E-state index contributed by atoms with van der Waals surface area (Å²) in [5.74, 6) is -3.36. The molecule has 1 fully saturated rings. The number of hydrogen-bond donors (Lipinski definition) is 2. The van der Waals surface area contributed by atoms with Crippen LogP contribution in [-0.4, -0.2) is 46.8 Å². The largest absolute Gasteiger partial charge is 0.380 e. The van der Waals surface area contributed by atoms with Crippen LogP contribution < -0.4 is 10.6 Å². The summed E-state index contributed by atoms with van der Waals surface area (Å²) in [4.78, 5) is 37.6. The summed E-state index contributed by atoms with van der Waals surface area (Å²) in [6.45, 7) is -0.205. The molecule has 1 unspecified atom stereocenters. The molecule has 4 rings (SSSR count). The summed E-state index contributed by atoms with van der Waals surface area (Å²) in [6.07, 6.45) is 5.26. The zero-order chi connectivity index (χ0) is 20.1. The van der Waals surface area contributed by atoms with Crippen LogP contribution >= 0.6 is 0 Å². The minimum absolute atomic E-state index is 0.121. The molecule has 1 aromatic rings. The zero-order valence-electron chi connectivity index (χ0n) is 14.5. The second-order valence-corrected chi connectivity index (χ2v) is 6.82. The third-order valence-corrected chi connectivity index (χ3v) is 5.13. The number of carbonyl (C=O) groups excluding carboxylic acids is 3. The third kappa shape index (κ3) is 2.70. The first-order chi connectivity index (χ1) is 13.3. The molecule has 3 amide bonds. The highest BCUT2D eigenvalue weighted by molar-refractivity contribution is 6.06. The summed E-state index contributed by atoms with van der Waals surface area (Å²) < 4.78 is 27.6. The minimum atomic E-state index is -3.52. The van der Waals surface area contributed by atoms with Gasteiger partial charge < -0.3 is 10.2 Å². The van der Waals surface area contributed by atoms with Gasteiger partial charge in [0.15, 0.2) is 0 Å². The van der Waals surface area contributed by atoms with Gasteiger partial charge in [-0.3, -0.25) is 19.7 Å². The van der Waals surface area contributed by atoms with E-state index in [2.05, 4.69) is 20.9 Å². The van der Waals surface area contributed by atoms with Gasteiger partial charge >= 0.3 is 5.92 Å². The van der Waals surface area contributed by atoms with E-state index in [1.807, 2.05) is 0 Å². The van der Waals surface area contributed by atoms with E-state index in [-0.39, 0.29) is 37.7 Å². The van der Waals surface area contributed by atoms with Crippen LogP contribution in [0.1, 0.15) is 28.8 Å². The van der Waals surface area contributed by atoms with Crippen molar-refractivity contribution in [3.8, 4) is 12.3 Å². The molecular weight excluding hydrogens is 372 g/mol. The predicted molar refractivity (Wildman–Crippen MR) is 92.3 cm³/mol. The van der Waals surface area contributed by atoms with Gasteiger partial charge in [0, 0.05) is 29.8 Å². The number of fused-ring (bicyclic) bond motifs is 1. The first-order valence-corrected chi connectivity index (χ1v) is 8.58. The fraction of sp³-hybridized carbons (Fsp3) is 0.389. The van der Waals surface area contributed by atoms with Gasteiger partial charge in [-0.2, -0.15) is 8.78 Å². The number of rotatable bonds is 5. The van der Waals surface area contributed by atoms with Gasteiger partial charge in [-0.1, -0.05) is 6.07 Å². The van der Waals surface area contributed by atoms with Gasteiger partial charge in [0.05, 0.1) is 6.54 Å². The molecule has 1 atom stereocenters. The van der Waals surface area contributed by atoms with E-state index in [9.17, 15) is 23.2 Å². The molecule has 10 heteroatoms. The quantitative estimate of drug-likeness (QED) is 0.587. The van der Waals surface area contributed by atoms with Gasteiger partial charge in [-0.05, 0) is 24.5 Å². The number of piperidine rings is 1. The molecule has 144 valence electrons. The van der Waals surface area contributed by atoms with E-state index in [1.165, 1.54) is 10.8 Å². The molecule has 1 saturated heterocycles. The molecule has 0 spiro atoms. The Morgan fingerprint density at radius 1 is 1.36 bits per heavy atom. The van der Waals surface area contributed by atoms with Crippen molar-refractivity contribution in [3.05, 3.63) is 29.3 Å². The Morgan fingerprint density at radius 3 is 2.75 bits per heavy atom. The first-order valence-electron chi connectivity index (χ1n) is 8.58. The summed E-state index contributed by atoms with van der Waals surface area (Å²) in [5.41, 5.74) is -0.588. The van der Waals surface area contributed by atoms with Crippen LogP contribution in [0.3, 0.4) is 0 Å². The maximum Gasteiger partial charge on any atom is 0.357 e. The number of imide groups is 1. The van der Waals surface area contributed by atoms with Crippen LogP contribution in [0, 0.1) is 12.3 Å². The van der Waals surface area contributed by atoms with Crippen molar-refractivity contribution in [2.24, 2.45) is 10.2 Å². The maximum atomic E-state index is 13.8. The highest BCUT2D eigenvalue weighted by Gasteiger charge is 2.61. The van der Waals surface area contributed by atoms with Gasteiger partial charge in [-0.25, -0.2) is 0 Å². The van der Waals surface area contributed by atoms with Gasteiger partial charge in [-0.15, -0.1) is 16.7 Å². The van der Waals surface area contributed by atoms with Crippen LogP contribution in [0.5, 0.6) is 0 Å².